The number of likely N-dealkylation sites (N-methyl/N-ethyl adjacent to an activating group) is 1. The molecule has 2 aromatic rings. The molecule has 0 spiro atoms. The van der Waals surface area contributed by atoms with E-state index in [4.69, 9.17) is 16.3 Å². The van der Waals surface area contributed by atoms with Gasteiger partial charge in [0.2, 0.25) is 10.0 Å². The van der Waals surface area contributed by atoms with E-state index < -0.39 is 10.0 Å². The second kappa shape index (κ2) is 7.79. The molecule has 0 atom stereocenters. The molecular weight excluding hydrogens is 350 g/mol. The molecule has 0 saturated heterocycles. The molecule has 0 bridgehead atoms. The minimum atomic E-state index is -3.69. The Morgan fingerprint density at radius 3 is 2.54 bits per heavy atom. The highest BCUT2D eigenvalue weighted by Gasteiger charge is 2.21. The molecule has 0 saturated carbocycles. The lowest BCUT2D eigenvalue weighted by atomic mass is 10.2. The van der Waals surface area contributed by atoms with E-state index in [0.29, 0.717) is 16.3 Å². The van der Waals surface area contributed by atoms with Crippen molar-refractivity contribution in [3.63, 3.8) is 0 Å². The van der Waals surface area contributed by atoms with Gasteiger partial charge in [-0.15, -0.1) is 0 Å². The molecule has 2 rings (SSSR count). The molecule has 0 aliphatic rings. The first-order chi connectivity index (χ1) is 11.3. The largest absolute Gasteiger partial charge is 0.491 e. The molecule has 7 heteroatoms. The molecule has 0 aliphatic heterocycles. The zero-order valence-electron chi connectivity index (χ0n) is 13.4. The van der Waals surface area contributed by atoms with Gasteiger partial charge in [0.15, 0.2) is 5.78 Å². The summed E-state index contributed by atoms with van der Waals surface area (Å²) in [4.78, 5) is 11.5. The van der Waals surface area contributed by atoms with E-state index in [1.807, 2.05) is 0 Å². The van der Waals surface area contributed by atoms with Crippen molar-refractivity contribution < 1.29 is 17.9 Å². The minimum absolute atomic E-state index is 0.0791. The second-order valence-electron chi connectivity index (χ2n) is 5.19. The summed E-state index contributed by atoms with van der Waals surface area (Å²) in [6.07, 6.45) is 0. The summed E-state index contributed by atoms with van der Waals surface area (Å²) in [5.74, 6) is 0.320. The number of para-hydroxylation sites is 1. The van der Waals surface area contributed by atoms with Crippen molar-refractivity contribution in [1.29, 1.82) is 0 Å². The highest BCUT2D eigenvalue weighted by molar-refractivity contribution is 7.89. The predicted octanol–water partition coefficient (Wildman–Crippen LogP) is 3.24. The van der Waals surface area contributed by atoms with E-state index in [1.165, 1.54) is 30.4 Å². The van der Waals surface area contributed by atoms with Crippen LogP contribution in [-0.4, -0.2) is 38.7 Å². The van der Waals surface area contributed by atoms with Gasteiger partial charge >= 0.3 is 0 Å². The lowest BCUT2D eigenvalue weighted by Gasteiger charge is -2.18. The van der Waals surface area contributed by atoms with Gasteiger partial charge in [0.1, 0.15) is 12.4 Å². The zero-order chi connectivity index (χ0) is 17.7. The van der Waals surface area contributed by atoms with Gasteiger partial charge in [-0.3, -0.25) is 4.79 Å². The number of sulfonamides is 1. The van der Waals surface area contributed by atoms with Crippen LogP contribution in [0.5, 0.6) is 5.75 Å². The van der Waals surface area contributed by atoms with Gasteiger partial charge in [0, 0.05) is 19.2 Å². The van der Waals surface area contributed by atoms with E-state index in [2.05, 4.69) is 0 Å². The number of hydrogen-bond acceptors (Lipinski definition) is 4. The van der Waals surface area contributed by atoms with Crippen LogP contribution in [0.25, 0.3) is 0 Å². The average molecular weight is 368 g/mol. The van der Waals surface area contributed by atoms with Crippen LogP contribution < -0.4 is 4.74 Å². The fourth-order valence-electron chi connectivity index (χ4n) is 2.02. The first-order valence-corrected chi connectivity index (χ1v) is 9.09. The number of ketones is 1. The molecule has 2 aromatic carbocycles. The average Bonchev–Trinajstić information content (AvgIpc) is 2.56. The number of carbonyl (C=O) groups is 1. The summed E-state index contributed by atoms with van der Waals surface area (Å²) >= 11 is 5.98. The van der Waals surface area contributed by atoms with Crippen LogP contribution in [0.2, 0.25) is 5.02 Å². The van der Waals surface area contributed by atoms with E-state index in [1.54, 1.807) is 36.4 Å². The van der Waals surface area contributed by atoms with E-state index in [0.717, 1.165) is 0 Å². The standard InChI is InChI=1S/C17H18ClNO4S/c1-13(20)14-6-5-7-15(12-14)24(21,22)19(2)10-11-23-17-9-4-3-8-16(17)18/h3-9,12H,10-11H2,1-2H3. The Hall–Kier alpha value is -1.89. The van der Waals surface area contributed by atoms with Crippen LogP contribution in [-0.2, 0) is 10.0 Å². The molecule has 0 aliphatic carbocycles. The van der Waals surface area contributed by atoms with Crippen molar-refractivity contribution in [2.24, 2.45) is 0 Å². The maximum Gasteiger partial charge on any atom is 0.242 e. The maximum atomic E-state index is 12.5. The zero-order valence-corrected chi connectivity index (χ0v) is 15.0. The molecular formula is C17H18ClNO4S. The quantitative estimate of drug-likeness (QED) is 0.705. The van der Waals surface area contributed by atoms with Gasteiger partial charge in [-0.1, -0.05) is 35.9 Å². The van der Waals surface area contributed by atoms with Gasteiger partial charge in [-0.2, -0.15) is 4.31 Å². The summed E-state index contributed by atoms with van der Waals surface area (Å²) in [6, 6.07) is 13.0. The molecule has 0 amide bonds. The van der Waals surface area contributed by atoms with Crippen molar-refractivity contribution in [3.05, 3.63) is 59.1 Å². The molecule has 0 N–H and O–H groups in total. The van der Waals surface area contributed by atoms with Crippen LogP contribution in [0.3, 0.4) is 0 Å². The summed E-state index contributed by atoms with van der Waals surface area (Å²) in [5.41, 5.74) is 0.358. The van der Waals surface area contributed by atoms with E-state index >= 15 is 0 Å². The van der Waals surface area contributed by atoms with Gasteiger partial charge in [0.05, 0.1) is 9.92 Å². The number of nitrogens with zero attached hydrogens (tertiary/aromatic N) is 1. The molecule has 128 valence electrons. The van der Waals surface area contributed by atoms with Gasteiger partial charge in [-0.25, -0.2) is 8.42 Å². The molecule has 0 unspecified atom stereocenters. The Morgan fingerprint density at radius 2 is 1.88 bits per heavy atom. The highest BCUT2D eigenvalue weighted by atomic mass is 35.5. The fourth-order valence-corrected chi connectivity index (χ4v) is 3.41. The lowest BCUT2D eigenvalue weighted by molar-refractivity contribution is 0.101. The van der Waals surface area contributed by atoms with Crippen LogP contribution in [0, 0.1) is 0 Å². The van der Waals surface area contributed by atoms with Crippen molar-refractivity contribution >= 4 is 27.4 Å². The molecule has 0 radical (unpaired) electrons. The highest BCUT2D eigenvalue weighted by Crippen LogP contribution is 2.23. The Kier molecular flexibility index (Phi) is 5.99. The summed E-state index contributed by atoms with van der Waals surface area (Å²) in [6.45, 7) is 1.70. The van der Waals surface area contributed by atoms with Crippen LogP contribution in [0.1, 0.15) is 17.3 Å². The number of halogens is 1. The molecule has 0 heterocycles. The lowest BCUT2D eigenvalue weighted by Crippen LogP contribution is -2.31. The van der Waals surface area contributed by atoms with Gasteiger partial charge in [0.25, 0.3) is 0 Å². The van der Waals surface area contributed by atoms with Crippen molar-refractivity contribution in [3.8, 4) is 5.75 Å². The normalized spacial score (nSPS) is 11.5. The number of ether oxygens (including phenoxy) is 1. The minimum Gasteiger partial charge on any atom is -0.491 e. The first-order valence-electron chi connectivity index (χ1n) is 7.27. The number of Topliss-reactive ketones (excluding diaryl/α,β-unsaturated/α-hetero) is 1. The van der Waals surface area contributed by atoms with Crippen LogP contribution >= 0.6 is 11.6 Å². The van der Waals surface area contributed by atoms with Crippen LogP contribution in [0.4, 0.5) is 0 Å². The number of benzene rings is 2. The monoisotopic (exact) mass is 367 g/mol. The molecule has 0 fully saturated rings. The first kappa shape index (κ1) is 18.4. The Balaban J connectivity index is 2.05. The van der Waals surface area contributed by atoms with Gasteiger partial charge < -0.3 is 4.74 Å². The molecule has 24 heavy (non-hydrogen) atoms. The fraction of sp³-hybridized carbons (Fsp3) is 0.235. The van der Waals surface area contributed by atoms with Crippen molar-refractivity contribution in [2.45, 2.75) is 11.8 Å². The van der Waals surface area contributed by atoms with Gasteiger partial charge in [-0.05, 0) is 31.2 Å². The Labute approximate surface area is 146 Å². The molecule has 0 aromatic heterocycles. The maximum absolute atomic E-state index is 12.5. The van der Waals surface area contributed by atoms with Crippen LogP contribution in [0.15, 0.2) is 53.4 Å². The number of rotatable bonds is 7. The third kappa shape index (κ3) is 4.35. The summed E-state index contributed by atoms with van der Waals surface area (Å²) in [7, 11) is -2.23. The summed E-state index contributed by atoms with van der Waals surface area (Å²) in [5, 5.41) is 0.470. The van der Waals surface area contributed by atoms with E-state index in [9.17, 15) is 13.2 Å². The number of carbonyl (C=O) groups excluding carboxylic acids is 1. The summed E-state index contributed by atoms with van der Waals surface area (Å²) < 4.78 is 31.8. The van der Waals surface area contributed by atoms with Crippen molar-refractivity contribution in [1.82, 2.24) is 4.31 Å². The SMILES string of the molecule is CC(=O)c1cccc(S(=O)(=O)N(C)CCOc2ccccc2Cl)c1. The smallest absolute Gasteiger partial charge is 0.242 e. The Morgan fingerprint density at radius 1 is 1.17 bits per heavy atom. The second-order valence-corrected chi connectivity index (χ2v) is 7.64. The molecule has 5 nitrogen and oxygen atoms in total. The van der Waals surface area contributed by atoms with Crippen molar-refractivity contribution in [2.75, 3.05) is 20.2 Å². The topological polar surface area (TPSA) is 63.7 Å². The third-order valence-corrected chi connectivity index (χ3v) is 5.61. The van der Waals surface area contributed by atoms with E-state index in [-0.39, 0.29) is 23.8 Å². The number of hydrogen-bond donors (Lipinski definition) is 0. The predicted molar refractivity (Wildman–Crippen MR) is 93.2 cm³/mol. The third-order valence-electron chi connectivity index (χ3n) is 3.45. The Bertz CT molecular complexity index is 836.